The number of rotatable bonds is 2. The molecule has 1 aliphatic rings. The van der Waals surface area contributed by atoms with Crippen LogP contribution in [0.25, 0.3) is 10.8 Å². The van der Waals surface area contributed by atoms with Crippen molar-refractivity contribution in [3.05, 3.63) is 42.5 Å². The van der Waals surface area contributed by atoms with Gasteiger partial charge in [0.2, 0.25) is 0 Å². The van der Waals surface area contributed by atoms with Crippen molar-refractivity contribution in [2.75, 3.05) is 17.3 Å². The lowest BCUT2D eigenvalue weighted by atomic mass is 10.1. The highest BCUT2D eigenvalue weighted by Gasteiger charge is 2.32. The fourth-order valence-corrected chi connectivity index (χ4v) is 2.40. The van der Waals surface area contributed by atoms with Gasteiger partial charge in [-0.15, -0.1) is 11.6 Å². The zero-order chi connectivity index (χ0) is 12.5. The van der Waals surface area contributed by atoms with Gasteiger partial charge in [-0.1, -0.05) is 36.4 Å². The van der Waals surface area contributed by atoms with E-state index >= 15 is 0 Å². The smallest absolute Gasteiger partial charge is 0.414 e. The molecule has 1 fully saturated rings. The van der Waals surface area contributed by atoms with E-state index in [-0.39, 0.29) is 12.2 Å². The molecule has 0 radical (unpaired) electrons. The number of halogens is 1. The summed E-state index contributed by atoms with van der Waals surface area (Å²) in [6.07, 6.45) is -0.546. The lowest BCUT2D eigenvalue weighted by molar-refractivity contribution is 0.151. The molecule has 92 valence electrons. The standard InChI is InChI=1S/C14H12ClNO2/c15-8-11-9-16(14(17)18-11)13-7-3-5-10-4-1-2-6-12(10)13/h1-7,11H,8-9H2. The molecule has 0 N–H and O–H groups in total. The van der Waals surface area contributed by atoms with E-state index in [0.29, 0.717) is 12.4 Å². The number of cyclic esters (lactones) is 1. The molecule has 2 aromatic rings. The van der Waals surface area contributed by atoms with Gasteiger partial charge in [0.05, 0.1) is 18.1 Å². The highest BCUT2D eigenvalue weighted by Crippen LogP contribution is 2.29. The molecule has 3 nitrogen and oxygen atoms in total. The number of ether oxygens (including phenoxy) is 1. The Hall–Kier alpha value is -1.74. The van der Waals surface area contributed by atoms with Crippen LogP contribution in [0, 0.1) is 0 Å². The van der Waals surface area contributed by atoms with Crippen LogP contribution >= 0.6 is 11.6 Å². The Labute approximate surface area is 110 Å². The second-order valence-corrected chi connectivity index (χ2v) is 4.58. The van der Waals surface area contributed by atoms with Crippen molar-refractivity contribution in [1.29, 1.82) is 0 Å². The summed E-state index contributed by atoms with van der Waals surface area (Å²) in [5.41, 5.74) is 0.880. The van der Waals surface area contributed by atoms with Crippen molar-refractivity contribution in [2.24, 2.45) is 0 Å². The average Bonchev–Trinajstić information content (AvgIpc) is 2.79. The number of benzene rings is 2. The van der Waals surface area contributed by atoms with Gasteiger partial charge in [-0.2, -0.15) is 0 Å². The van der Waals surface area contributed by atoms with Crippen LogP contribution in [0.3, 0.4) is 0 Å². The van der Waals surface area contributed by atoms with Crippen LogP contribution in [-0.2, 0) is 4.74 Å². The summed E-state index contributed by atoms with van der Waals surface area (Å²) in [6, 6.07) is 13.9. The molecule has 0 bridgehead atoms. The summed E-state index contributed by atoms with van der Waals surface area (Å²) >= 11 is 5.74. The minimum absolute atomic E-state index is 0.224. The number of fused-ring (bicyclic) bond motifs is 1. The van der Waals surface area contributed by atoms with E-state index in [0.717, 1.165) is 16.5 Å². The number of carbonyl (C=O) groups is 1. The zero-order valence-corrected chi connectivity index (χ0v) is 10.4. The molecule has 1 amide bonds. The first kappa shape index (κ1) is 11.4. The fraction of sp³-hybridized carbons (Fsp3) is 0.214. The van der Waals surface area contributed by atoms with Gasteiger partial charge in [-0.25, -0.2) is 4.79 Å². The Morgan fingerprint density at radius 2 is 2.00 bits per heavy atom. The summed E-state index contributed by atoms with van der Waals surface area (Å²) in [4.78, 5) is 13.5. The number of hydrogen-bond donors (Lipinski definition) is 0. The number of carbonyl (C=O) groups excluding carboxylic acids is 1. The molecule has 3 rings (SSSR count). The molecule has 0 saturated carbocycles. The Morgan fingerprint density at radius 3 is 2.78 bits per heavy atom. The van der Waals surface area contributed by atoms with Crippen molar-refractivity contribution in [1.82, 2.24) is 0 Å². The molecule has 0 aliphatic carbocycles. The van der Waals surface area contributed by atoms with Crippen molar-refractivity contribution in [3.8, 4) is 0 Å². The fourth-order valence-electron chi connectivity index (χ4n) is 2.24. The van der Waals surface area contributed by atoms with E-state index in [1.807, 2.05) is 42.5 Å². The molecule has 4 heteroatoms. The van der Waals surface area contributed by atoms with E-state index < -0.39 is 0 Å². The molecule has 1 unspecified atom stereocenters. The maximum Gasteiger partial charge on any atom is 0.414 e. The maximum absolute atomic E-state index is 11.8. The van der Waals surface area contributed by atoms with Crippen LogP contribution in [0.2, 0.25) is 0 Å². The number of anilines is 1. The third-order valence-electron chi connectivity index (χ3n) is 3.10. The first-order valence-electron chi connectivity index (χ1n) is 5.81. The first-order valence-corrected chi connectivity index (χ1v) is 6.35. The predicted molar refractivity (Wildman–Crippen MR) is 72.3 cm³/mol. The molecule has 1 atom stereocenters. The minimum Gasteiger partial charge on any atom is -0.443 e. The molecule has 1 saturated heterocycles. The Balaban J connectivity index is 2.07. The highest BCUT2D eigenvalue weighted by molar-refractivity contribution is 6.18. The van der Waals surface area contributed by atoms with E-state index in [4.69, 9.17) is 16.3 Å². The summed E-state index contributed by atoms with van der Waals surface area (Å²) in [6.45, 7) is 0.510. The molecule has 18 heavy (non-hydrogen) atoms. The van der Waals surface area contributed by atoms with Gasteiger partial charge < -0.3 is 4.74 Å². The van der Waals surface area contributed by atoms with Crippen LogP contribution in [0.5, 0.6) is 0 Å². The van der Waals surface area contributed by atoms with Crippen molar-refractivity contribution in [2.45, 2.75) is 6.10 Å². The van der Waals surface area contributed by atoms with Crippen molar-refractivity contribution in [3.63, 3.8) is 0 Å². The van der Waals surface area contributed by atoms with Gasteiger partial charge in [-0.05, 0) is 11.5 Å². The molecule has 1 aliphatic heterocycles. The van der Waals surface area contributed by atoms with Crippen molar-refractivity contribution < 1.29 is 9.53 Å². The van der Waals surface area contributed by atoms with Gasteiger partial charge in [0.15, 0.2) is 0 Å². The number of amides is 1. The van der Waals surface area contributed by atoms with E-state index in [2.05, 4.69) is 0 Å². The van der Waals surface area contributed by atoms with Crippen LogP contribution in [0.4, 0.5) is 10.5 Å². The van der Waals surface area contributed by atoms with Crippen LogP contribution in [0.15, 0.2) is 42.5 Å². The van der Waals surface area contributed by atoms with Crippen LogP contribution < -0.4 is 4.90 Å². The topological polar surface area (TPSA) is 29.5 Å². The van der Waals surface area contributed by atoms with Crippen LogP contribution in [-0.4, -0.2) is 24.6 Å². The quantitative estimate of drug-likeness (QED) is 0.776. The number of hydrogen-bond acceptors (Lipinski definition) is 2. The number of nitrogens with zero attached hydrogens (tertiary/aromatic N) is 1. The molecule has 2 aromatic carbocycles. The van der Waals surface area contributed by atoms with Gasteiger partial charge in [0.1, 0.15) is 6.10 Å². The van der Waals surface area contributed by atoms with Gasteiger partial charge >= 0.3 is 6.09 Å². The average molecular weight is 262 g/mol. The van der Waals surface area contributed by atoms with E-state index in [9.17, 15) is 4.79 Å². The van der Waals surface area contributed by atoms with Crippen molar-refractivity contribution >= 4 is 34.2 Å². The maximum atomic E-state index is 11.8. The molecule has 0 spiro atoms. The molecular weight excluding hydrogens is 250 g/mol. The SMILES string of the molecule is O=C1OC(CCl)CN1c1cccc2ccccc12. The van der Waals surface area contributed by atoms with E-state index in [1.54, 1.807) is 4.90 Å². The Bertz CT molecular complexity index is 594. The van der Waals surface area contributed by atoms with Gasteiger partial charge in [0, 0.05) is 5.39 Å². The monoisotopic (exact) mass is 261 g/mol. The summed E-state index contributed by atoms with van der Waals surface area (Å²) in [7, 11) is 0. The lowest BCUT2D eigenvalue weighted by Crippen LogP contribution is -2.24. The second kappa shape index (κ2) is 4.50. The summed E-state index contributed by atoms with van der Waals surface area (Å²) in [5.74, 6) is 0.326. The molecule has 1 heterocycles. The minimum atomic E-state index is -0.322. The number of alkyl halides is 1. The summed E-state index contributed by atoms with van der Waals surface area (Å²) in [5, 5.41) is 2.16. The Morgan fingerprint density at radius 1 is 1.22 bits per heavy atom. The highest BCUT2D eigenvalue weighted by atomic mass is 35.5. The first-order chi connectivity index (χ1) is 8.79. The zero-order valence-electron chi connectivity index (χ0n) is 9.67. The largest absolute Gasteiger partial charge is 0.443 e. The Kier molecular flexibility index (Phi) is 2.84. The third-order valence-corrected chi connectivity index (χ3v) is 3.45. The molecular formula is C14H12ClNO2. The lowest BCUT2D eigenvalue weighted by Gasteiger charge is -2.15. The normalized spacial score (nSPS) is 19.3. The predicted octanol–water partition coefficient (Wildman–Crippen LogP) is 3.40. The summed E-state index contributed by atoms with van der Waals surface area (Å²) < 4.78 is 5.18. The van der Waals surface area contributed by atoms with E-state index in [1.165, 1.54) is 0 Å². The second-order valence-electron chi connectivity index (χ2n) is 4.27. The molecule has 0 aromatic heterocycles. The van der Waals surface area contributed by atoms with Crippen LogP contribution in [0.1, 0.15) is 0 Å². The van der Waals surface area contributed by atoms with Gasteiger partial charge in [0.25, 0.3) is 0 Å². The van der Waals surface area contributed by atoms with Gasteiger partial charge in [-0.3, -0.25) is 4.90 Å². The third kappa shape index (κ3) is 1.81.